The van der Waals surface area contributed by atoms with Crippen molar-refractivity contribution in [2.75, 3.05) is 7.11 Å². The summed E-state index contributed by atoms with van der Waals surface area (Å²) in [6.45, 7) is 2.05. The van der Waals surface area contributed by atoms with Crippen molar-refractivity contribution in [3.05, 3.63) is 57.3 Å². The number of nitrogens with one attached hydrogen (secondary N) is 2. The summed E-state index contributed by atoms with van der Waals surface area (Å²) in [5.74, 6) is 0.693. The van der Waals surface area contributed by atoms with Gasteiger partial charge < -0.3 is 10.1 Å². The molecule has 3 aromatic rings. The number of H-pyrrole nitrogens is 1. The van der Waals surface area contributed by atoms with Gasteiger partial charge in [0, 0.05) is 10.9 Å². The second-order valence-corrected chi connectivity index (χ2v) is 6.51. The topological polar surface area (TPSA) is 67.0 Å². The number of hydrogen-bond donors (Lipinski definition) is 2. The van der Waals surface area contributed by atoms with E-state index in [1.165, 1.54) is 0 Å². The fraction of sp³-hybridized carbons (Fsp3) is 0.222. The molecule has 1 heterocycles. The molecule has 1 atom stereocenters. The van der Waals surface area contributed by atoms with Crippen LogP contribution in [0.15, 0.2) is 42.5 Å². The standard InChI is InChI=1S/C18H18IN3O2/c1-3-15(11-5-4-6-13(9-11)24-2)20-18(23)12-7-8-16-14(10-12)17(19)22-21-16/h4-10,15H,3H2,1-2H3,(H,20,23)(H,21,22)/t15-/m1/s1. The van der Waals surface area contributed by atoms with Crippen LogP contribution in [0.5, 0.6) is 5.75 Å². The van der Waals surface area contributed by atoms with Gasteiger partial charge in [-0.1, -0.05) is 19.1 Å². The van der Waals surface area contributed by atoms with E-state index >= 15 is 0 Å². The molecule has 0 saturated heterocycles. The lowest BCUT2D eigenvalue weighted by Crippen LogP contribution is -2.28. The van der Waals surface area contributed by atoms with Gasteiger partial charge in [0.2, 0.25) is 0 Å². The molecule has 0 bridgehead atoms. The highest BCUT2D eigenvalue weighted by Gasteiger charge is 2.16. The van der Waals surface area contributed by atoms with Crippen molar-refractivity contribution in [3.8, 4) is 5.75 Å². The maximum atomic E-state index is 12.6. The van der Waals surface area contributed by atoms with Crippen molar-refractivity contribution in [1.29, 1.82) is 0 Å². The van der Waals surface area contributed by atoms with Gasteiger partial charge in [0.1, 0.15) is 9.45 Å². The van der Waals surface area contributed by atoms with Gasteiger partial charge >= 0.3 is 0 Å². The summed E-state index contributed by atoms with van der Waals surface area (Å²) >= 11 is 2.16. The summed E-state index contributed by atoms with van der Waals surface area (Å²) in [7, 11) is 1.64. The third kappa shape index (κ3) is 3.38. The molecule has 0 spiro atoms. The Morgan fingerprint density at radius 1 is 1.33 bits per heavy atom. The second-order valence-electron chi connectivity index (χ2n) is 5.49. The summed E-state index contributed by atoms with van der Waals surface area (Å²) in [6, 6.07) is 13.3. The molecule has 5 nitrogen and oxygen atoms in total. The van der Waals surface area contributed by atoms with Crippen molar-refractivity contribution in [3.63, 3.8) is 0 Å². The van der Waals surface area contributed by atoms with Crippen LogP contribution in [-0.4, -0.2) is 23.2 Å². The van der Waals surface area contributed by atoms with Crippen LogP contribution in [0.1, 0.15) is 35.3 Å². The number of aromatic amines is 1. The number of benzene rings is 2. The molecule has 0 aliphatic carbocycles. The zero-order chi connectivity index (χ0) is 17.1. The number of nitrogens with zero attached hydrogens (tertiary/aromatic N) is 1. The van der Waals surface area contributed by atoms with Crippen LogP contribution in [0.3, 0.4) is 0 Å². The molecule has 3 rings (SSSR count). The van der Waals surface area contributed by atoms with Gasteiger partial charge in [0.05, 0.1) is 18.7 Å². The van der Waals surface area contributed by atoms with Crippen LogP contribution in [-0.2, 0) is 0 Å². The van der Waals surface area contributed by atoms with Crippen LogP contribution < -0.4 is 10.1 Å². The largest absolute Gasteiger partial charge is 0.497 e. The van der Waals surface area contributed by atoms with Gasteiger partial charge in [-0.2, -0.15) is 5.10 Å². The number of carbonyl (C=O) groups excluding carboxylic acids is 1. The van der Waals surface area contributed by atoms with E-state index in [0.29, 0.717) is 5.56 Å². The first-order valence-electron chi connectivity index (χ1n) is 7.70. The number of carbonyl (C=O) groups is 1. The van der Waals surface area contributed by atoms with Crippen LogP contribution in [0, 0.1) is 3.70 Å². The van der Waals surface area contributed by atoms with Crippen LogP contribution in [0.2, 0.25) is 0 Å². The monoisotopic (exact) mass is 435 g/mol. The Morgan fingerprint density at radius 3 is 2.92 bits per heavy atom. The molecule has 0 unspecified atom stereocenters. The van der Waals surface area contributed by atoms with Crippen molar-refractivity contribution in [2.45, 2.75) is 19.4 Å². The van der Waals surface area contributed by atoms with Gasteiger partial charge in [-0.3, -0.25) is 9.89 Å². The number of ether oxygens (including phenoxy) is 1. The number of aromatic nitrogens is 2. The van der Waals surface area contributed by atoms with Crippen molar-refractivity contribution in [2.24, 2.45) is 0 Å². The minimum absolute atomic E-state index is 0.0632. The zero-order valence-electron chi connectivity index (χ0n) is 13.5. The van der Waals surface area contributed by atoms with E-state index in [1.54, 1.807) is 7.11 Å². The summed E-state index contributed by atoms with van der Waals surface area (Å²) in [4.78, 5) is 12.6. The predicted octanol–water partition coefficient (Wildman–Crippen LogP) is 4.06. The summed E-state index contributed by atoms with van der Waals surface area (Å²) in [5, 5.41) is 11.2. The summed E-state index contributed by atoms with van der Waals surface area (Å²) < 4.78 is 6.13. The van der Waals surface area contributed by atoms with Gasteiger partial charge in [-0.15, -0.1) is 0 Å². The van der Waals surface area contributed by atoms with E-state index in [4.69, 9.17) is 4.74 Å². The van der Waals surface area contributed by atoms with E-state index in [2.05, 4.69) is 38.1 Å². The minimum Gasteiger partial charge on any atom is -0.497 e. The van der Waals surface area contributed by atoms with E-state index < -0.39 is 0 Å². The number of amides is 1. The molecule has 0 saturated carbocycles. The molecule has 2 N–H and O–H groups in total. The average molecular weight is 435 g/mol. The fourth-order valence-corrected chi connectivity index (χ4v) is 3.21. The molecule has 24 heavy (non-hydrogen) atoms. The zero-order valence-corrected chi connectivity index (χ0v) is 15.6. The number of hydrogen-bond acceptors (Lipinski definition) is 3. The molecule has 124 valence electrons. The maximum Gasteiger partial charge on any atom is 0.251 e. The number of rotatable bonds is 5. The summed E-state index contributed by atoms with van der Waals surface area (Å²) in [6.07, 6.45) is 0.796. The van der Waals surface area contributed by atoms with Gasteiger partial charge in [0.15, 0.2) is 0 Å². The molecule has 1 aromatic heterocycles. The Balaban J connectivity index is 1.83. The molecular weight excluding hydrogens is 417 g/mol. The van der Waals surface area contributed by atoms with Crippen LogP contribution in [0.25, 0.3) is 10.9 Å². The Morgan fingerprint density at radius 2 is 2.17 bits per heavy atom. The Hall–Kier alpha value is -2.09. The minimum atomic E-state index is -0.0939. The van der Waals surface area contributed by atoms with Gasteiger partial charge in [0.25, 0.3) is 5.91 Å². The highest BCUT2D eigenvalue weighted by atomic mass is 127. The maximum absolute atomic E-state index is 12.6. The van der Waals surface area contributed by atoms with E-state index in [0.717, 1.165) is 32.3 Å². The lowest BCUT2D eigenvalue weighted by molar-refractivity contribution is 0.0935. The molecule has 0 radical (unpaired) electrons. The highest BCUT2D eigenvalue weighted by Crippen LogP contribution is 2.23. The number of methoxy groups -OCH3 is 1. The van der Waals surface area contributed by atoms with Crippen molar-refractivity contribution < 1.29 is 9.53 Å². The molecule has 0 aliphatic heterocycles. The van der Waals surface area contributed by atoms with Gasteiger partial charge in [-0.25, -0.2) is 0 Å². The SMILES string of the molecule is CC[C@@H](NC(=O)c1ccc2[nH]nc(I)c2c1)c1cccc(OC)c1. The van der Waals surface area contributed by atoms with Gasteiger partial charge in [-0.05, 0) is 64.9 Å². The van der Waals surface area contributed by atoms with Crippen molar-refractivity contribution >= 4 is 39.4 Å². The lowest BCUT2D eigenvalue weighted by Gasteiger charge is -2.18. The quantitative estimate of drug-likeness (QED) is 0.595. The smallest absolute Gasteiger partial charge is 0.251 e. The lowest BCUT2D eigenvalue weighted by atomic mass is 10.0. The number of fused-ring (bicyclic) bond motifs is 1. The van der Waals surface area contributed by atoms with Crippen LogP contribution >= 0.6 is 22.6 Å². The number of halogens is 1. The first kappa shape index (κ1) is 16.8. The van der Waals surface area contributed by atoms with E-state index in [-0.39, 0.29) is 11.9 Å². The van der Waals surface area contributed by atoms with E-state index in [1.807, 2.05) is 49.4 Å². The Labute approximate surface area is 153 Å². The Bertz CT molecular complexity index is 876. The normalized spacial score (nSPS) is 12.1. The average Bonchev–Trinajstić information content (AvgIpc) is 3.00. The third-order valence-corrected chi connectivity index (χ3v) is 4.81. The van der Waals surface area contributed by atoms with Crippen molar-refractivity contribution in [1.82, 2.24) is 15.5 Å². The Kier molecular flexibility index (Phi) is 5.03. The molecule has 6 heteroatoms. The third-order valence-electron chi connectivity index (χ3n) is 3.99. The van der Waals surface area contributed by atoms with E-state index in [9.17, 15) is 4.79 Å². The molecule has 0 aliphatic rings. The van der Waals surface area contributed by atoms with Crippen LogP contribution in [0.4, 0.5) is 0 Å². The molecule has 2 aromatic carbocycles. The molecule has 0 fully saturated rings. The molecule has 1 amide bonds. The molecular formula is C18H18IN3O2. The highest BCUT2D eigenvalue weighted by molar-refractivity contribution is 14.1. The predicted molar refractivity (Wildman–Crippen MR) is 102 cm³/mol. The fourth-order valence-electron chi connectivity index (χ4n) is 2.64. The summed E-state index contributed by atoms with van der Waals surface area (Å²) in [5.41, 5.74) is 2.59. The second kappa shape index (κ2) is 7.21. The first-order chi connectivity index (χ1) is 11.6. The first-order valence-corrected chi connectivity index (χ1v) is 8.78.